The number of amides is 1. The van der Waals surface area contributed by atoms with E-state index in [0.29, 0.717) is 28.7 Å². The van der Waals surface area contributed by atoms with E-state index in [1.54, 1.807) is 36.4 Å². The minimum Gasteiger partial charge on any atom is -0.495 e. The minimum absolute atomic E-state index is 0.0209. The summed E-state index contributed by atoms with van der Waals surface area (Å²) in [4.78, 5) is 22.3. The van der Waals surface area contributed by atoms with Crippen molar-refractivity contribution >= 4 is 50.5 Å². The number of aromatic nitrogens is 3. The molecule has 2 aliphatic heterocycles. The summed E-state index contributed by atoms with van der Waals surface area (Å²) in [5, 5.41) is 13.9. The molecule has 0 radical (unpaired) electrons. The lowest BCUT2D eigenvalue weighted by Crippen LogP contribution is -2.48. The molecule has 2 fully saturated rings. The highest BCUT2D eigenvalue weighted by atomic mass is 35.5. The van der Waals surface area contributed by atoms with Crippen LogP contribution in [0.4, 0.5) is 23.1 Å². The number of methoxy groups -OCH3 is 1. The van der Waals surface area contributed by atoms with E-state index in [0.717, 1.165) is 32.2 Å². The van der Waals surface area contributed by atoms with Crippen molar-refractivity contribution in [3.05, 3.63) is 53.2 Å². The monoisotopic (exact) mass is 599 g/mol. The molecule has 0 atom stereocenters. The number of sulfone groups is 1. The van der Waals surface area contributed by atoms with Crippen LogP contribution < -0.4 is 15.4 Å². The van der Waals surface area contributed by atoms with Gasteiger partial charge in [-0.3, -0.25) is 4.79 Å². The Morgan fingerprint density at radius 2 is 1.71 bits per heavy atom. The van der Waals surface area contributed by atoms with Gasteiger partial charge in [0.2, 0.25) is 5.95 Å². The average molecular weight is 600 g/mol. The summed E-state index contributed by atoms with van der Waals surface area (Å²) in [5.74, 6) is 0.645. The molecular weight excluding hydrogens is 566 g/mol. The van der Waals surface area contributed by atoms with Crippen LogP contribution in [0.1, 0.15) is 42.5 Å². The van der Waals surface area contributed by atoms with Crippen LogP contribution in [-0.2, 0) is 9.84 Å². The molecule has 5 rings (SSSR count). The fourth-order valence-corrected chi connectivity index (χ4v) is 6.39. The van der Waals surface area contributed by atoms with Gasteiger partial charge in [0, 0.05) is 31.0 Å². The second-order valence-electron chi connectivity index (χ2n) is 10.3. The Hall–Kier alpha value is -3.48. The Kier molecular flexibility index (Phi) is 8.91. The molecule has 0 aliphatic carbocycles. The van der Waals surface area contributed by atoms with Crippen LogP contribution in [0.3, 0.4) is 0 Å². The summed E-state index contributed by atoms with van der Waals surface area (Å²) in [6.07, 6.45) is 6.97. The molecule has 2 N–H and O–H groups in total. The number of carbonyl (C=O) groups excluding carboxylic acids is 1. The van der Waals surface area contributed by atoms with Gasteiger partial charge >= 0.3 is 0 Å². The van der Waals surface area contributed by atoms with E-state index >= 15 is 0 Å². The molecule has 218 valence electrons. The first kappa shape index (κ1) is 29.0. The summed E-state index contributed by atoms with van der Waals surface area (Å²) in [6.45, 7) is 3.82. The number of likely N-dealkylation sites (tertiary alicyclic amines) is 2. The lowest BCUT2D eigenvalue weighted by atomic mass is 9.99. The molecule has 3 aromatic rings. The molecule has 0 bridgehead atoms. The van der Waals surface area contributed by atoms with Gasteiger partial charge in [0.15, 0.2) is 20.8 Å². The number of nitrogens with zero attached hydrogens (tertiary/aromatic N) is 5. The Morgan fingerprint density at radius 1 is 0.976 bits per heavy atom. The number of halogens is 1. The van der Waals surface area contributed by atoms with Gasteiger partial charge in [0.05, 0.1) is 23.4 Å². The van der Waals surface area contributed by atoms with E-state index < -0.39 is 9.84 Å². The lowest BCUT2D eigenvalue weighted by Gasteiger charge is -2.40. The van der Waals surface area contributed by atoms with Crippen LogP contribution in [0.5, 0.6) is 5.75 Å². The zero-order valence-corrected chi connectivity index (χ0v) is 24.7. The van der Waals surface area contributed by atoms with Crippen molar-refractivity contribution in [1.82, 2.24) is 25.0 Å². The number of benzene rings is 2. The number of anilines is 4. The third kappa shape index (κ3) is 6.88. The molecule has 0 saturated carbocycles. The zero-order chi connectivity index (χ0) is 29.0. The zero-order valence-electron chi connectivity index (χ0n) is 23.1. The van der Waals surface area contributed by atoms with Gasteiger partial charge in [-0.25, -0.2) is 8.42 Å². The summed E-state index contributed by atoms with van der Waals surface area (Å²) in [6, 6.07) is 12.2. The molecule has 3 heterocycles. The summed E-state index contributed by atoms with van der Waals surface area (Å²) in [5.41, 5.74) is 1.38. The van der Waals surface area contributed by atoms with E-state index in [-0.39, 0.29) is 27.7 Å². The molecule has 2 saturated heterocycles. The number of hydrogen-bond acceptors (Lipinski definition) is 10. The van der Waals surface area contributed by atoms with Crippen molar-refractivity contribution in [1.29, 1.82) is 0 Å². The van der Waals surface area contributed by atoms with E-state index in [2.05, 4.69) is 30.7 Å². The van der Waals surface area contributed by atoms with Crippen molar-refractivity contribution < 1.29 is 17.9 Å². The molecule has 2 aliphatic rings. The quantitative estimate of drug-likeness (QED) is 0.381. The third-order valence-electron chi connectivity index (χ3n) is 7.54. The van der Waals surface area contributed by atoms with Crippen LogP contribution in [0.15, 0.2) is 47.4 Å². The maximum Gasteiger partial charge on any atom is 0.253 e. The average Bonchev–Trinajstić information content (AvgIpc) is 2.99. The molecule has 0 unspecified atom stereocenters. The third-order valence-corrected chi connectivity index (χ3v) is 8.95. The fourth-order valence-electron chi connectivity index (χ4n) is 5.41. The van der Waals surface area contributed by atoms with Gasteiger partial charge in [0.1, 0.15) is 5.75 Å². The topological polar surface area (TPSA) is 130 Å². The standard InChI is InChI=1S/C28H34ClN7O4S/c1-40-23-18-19(27(37)36-16-12-20(13-17-36)35-14-6-3-7-15-35)10-11-21(23)31-28-32-26(25(29)33-34-28)30-22-8-4-5-9-24(22)41(2,38)39/h4-5,8-11,18,20H,3,6-7,12-17H2,1-2H3,(H2,30,31,32,34). The van der Waals surface area contributed by atoms with Gasteiger partial charge in [-0.1, -0.05) is 30.2 Å². The molecule has 2 aromatic carbocycles. The maximum absolute atomic E-state index is 13.3. The van der Waals surface area contributed by atoms with E-state index in [1.165, 1.54) is 45.5 Å². The number of piperidine rings is 2. The van der Waals surface area contributed by atoms with E-state index in [9.17, 15) is 13.2 Å². The molecule has 1 aromatic heterocycles. The first-order valence-electron chi connectivity index (χ1n) is 13.7. The van der Waals surface area contributed by atoms with Crippen LogP contribution >= 0.6 is 11.6 Å². The summed E-state index contributed by atoms with van der Waals surface area (Å²) >= 11 is 6.21. The van der Waals surface area contributed by atoms with Gasteiger partial charge in [-0.15, -0.1) is 10.2 Å². The molecule has 13 heteroatoms. The van der Waals surface area contributed by atoms with Crippen LogP contribution in [0.25, 0.3) is 0 Å². The van der Waals surface area contributed by atoms with Crippen molar-refractivity contribution in [3.8, 4) is 5.75 Å². The van der Waals surface area contributed by atoms with Gasteiger partial charge in [0.25, 0.3) is 5.91 Å². The van der Waals surface area contributed by atoms with E-state index in [4.69, 9.17) is 16.3 Å². The normalized spacial score (nSPS) is 16.8. The largest absolute Gasteiger partial charge is 0.495 e. The predicted octanol–water partition coefficient (Wildman–Crippen LogP) is 4.51. The molecule has 11 nitrogen and oxygen atoms in total. The Morgan fingerprint density at radius 3 is 2.41 bits per heavy atom. The summed E-state index contributed by atoms with van der Waals surface area (Å²) < 4.78 is 29.9. The van der Waals surface area contributed by atoms with Crippen molar-refractivity contribution in [2.24, 2.45) is 0 Å². The lowest BCUT2D eigenvalue weighted by molar-refractivity contribution is 0.0589. The van der Waals surface area contributed by atoms with Gasteiger partial charge < -0.3 is 25.2 Å². The minimum atomic E-state index is -3.50. The number of rotatable bonds is 8. The van der Waals surface area contributed by atoms with Crippen molar-refractivity contribution in [2.75, 3.05) is 50.2 Å². The van der Waals surface area contributed by atoms with E-state index in [1.807, 2.05) is 4.90 Å². The number of ether oxygens (including phenoxy) is 1. The molecule has 1 amide bonds. The SMILES string of the molecule is COc1cc(C(=O)N2CCC(N3CCCCC3)CC2)ccc1Nc1nnc(Cl)c(Nc2ccccc2S(C)(=O)=O)n1. The second-order valence-corrected chi connectivity index (χ2v) is 12.7. The smallest absolute Gasteiger partial charge is 0.253 e. The Bertz CT molecular complexity index is 1510. The van der Waals surface area contributed by atoms with Crippen molar-refractivity contribution in [3.63, 3.8) is 0 Å². The van der Waals surface area contributed by atoms with Crippen molar-refractivity contribution in [2.45, 2.75) is 43.0 Å². The Balaban J connectivity index is 1.28. The second kappa shape index (κ2) is 12.6. The first-order chi connectivity index (χ1) is 19.7. The number of hydrogen-bond donors (Lipinski definition) is 2. The van der Waals surface area contributed by atoms with Crippen LogP contribution in [0, 0.1) is 0 Å². The number of carbonyl (C=O) groups is 1. The van der Waals surface area contributed by atoms with Gasteiger partial charge in [-0.2, -0.15) is 4.98 Å². The highest BCUT2D eigenvalue weighted by molar-refractivity contribution is 7.90. The van der Waals surface area contributed by atoms with Crippen LogP contribution in [-0.4, -0.2) is 84.9 Å². The predicted molar refractivity (Wildman–Crippen MR) is 158 cm³/mol. The number of para-hydroxylation sites is 1. The van der Waals surface area contributed by atoms with Gasteiger partial charge in [-0.05, 0) is 69.1 Å². The van der Waals surface area contributed by atoms with Crippen LogP contribution in [0.2, 0.25) is 5.15 Å². The molecule has 0 spiro atoms. The maximum atomic E-state index is 13.3. The fraction of sp³-hybridized carbons (Fsp3) is 0.429. The highest BCUT2D eigenvalue weighted by Gasteiger charge is 2.28. The molecular formula is C28H34ClN7O4S. The number of nitrogens with one attached hydrogen (secondary N) is 2. The summed E-state index contributed by atoms with van der Waals surface area (Å²) in [7, 11) is -1.97. The highest BCUT2D eigenvalue weighted by Crippen LogP contribution is 2.31. The Labute approximate surface area is 245 Å². The first-order valence-corrected chi connectivity index (χ1v) is 15.9. The molecule has 41 heavy (non-hydrogen) atoms.